The van der Waals surface area contributed by atoms with Gasteiger partial charge in [0.25, 0.3) is 5.56 Å². The van der Waals surface area contributed by atoms with Gasteiger partial charge in [0.1, 0.15) is 10.4 Å². The summed E-state index contributed by atoms with van der Waals surface area (Å²) in [4.78, 5) is 31.0. The molecular weight excluding hydrogens is 466 g/mol. The van der Waals surface area contributed by atoms with E-state index in [9.17, 15) is 9.59 Å². The maximum Gasteiger partial charge on any atom is 0.276 e. The highest BCUT2D eigenvalue weighted by Gasteiger charge is 2.23. The van der Waals surface area contributed by atoms with E-state index in [1.807, 2.05) is 30.5 Å². The molecular formula is C23H20ClN3O3S2. The van der Waals surface area contributed by atoms with Crippen LogP contribution < -0.4 is 15.6 Å². The summed E-state index contributed by atoms with van der Waals surface area (Å²) in [7, 11) is 1.58. The molecule has 2 aromatic carbocycles. The number of amides is 1. The van der Waals surface area contributed by atoms with Crippen LogP contribution in [0.3, 0.4) is 0 Å². The molecule has 2 aromatic heterocycles. The maximum absolute atomic E-state index is 13.3. The molecule has 6 nitrogen and oxygen atoms in total. The predicted molar refractivity (Wildman–Crippen MR) is 132 cm³/mol. The molecule has 1 N–H and O–H groups in total. The number of methoxy groups -OCH3 is 1. The number of rotatable bonds is 7. The number of ether oxygens (including phenoxy) is 1. The molecule has 0 spiro atoms. The molecule has 0 saturated heterocycles. The van der Waals surface area contributed by atoms with Gasteiger partial charge in [-0.2, -0.15) is 0 Å². The molecule has 9 heteroatoms. The molecule has 4 aromatic rings. The van der Waals surface area contributed by atoms with Gasteiger partial charge in [0.2, 0.25) is 5.91 Å². The fourth-order valence-electron chi connectivity index (χ4n) is 3.16. The molecule has 32 heavy (non-hydrogen) atoms. The van der Waals surface area contributed by atoms with Crippen molar-refractivity contribution in [1.82, 2.24) is 9.55 Å². The molecule has 1 atom stereocenters. The summed E-state index contributed by atoms with van der Waals surface area (Å²) < 4.78 is 7.34. The van der Waals surface area contributed by atoms with Crippen molar-refractivity contribution < 1.29 is 9.53 Å². The monoisotopic (exact) mass is 485 g/mol. The Bertz CT molecular complexity index is 1320. The summed E-state index contributed by atoms with van der Waals surface area (Å²) in [6, 6.07) is 16.0. The van der Waals surface area contributed by atoms with Gasteiger partial charge in [-0.1, -0.05) is 36.4 Å². The first-order valence-corrected chi connectivity index (χ1v) is 12.0. The van der Waals surface area contributed by atoms with Crippen LogP contribution in [0.15, 0.2) is 69.9 Å². The van der Waals surface area contributed by atoms with Gasteiger partial charge >= 0.3 is 0 Å². The molecule has 0 saturated carbocycles. The largest absolute Gasteiger partial charge is 0.497 e. The Morgan fingerprint density at radius 1 is 1.25 bits per heavy atom. The highest BCUT2D eigenvalue weighted by Crippen LogP contribution is 2.29. The molecule has 0 aliphatic rings. The van der Waals surface area contributed by atoms with E-state index in [0.717, 1.165) is 0 Å². The van der Waals surface area contributed by atoms with E-state index in [-0.39, 0.29) is 11.5 Å². The number of hydrogen-bond donors (Lipinski definition) is 1. The number of carbonyl (C=O) groups excluding carboxylic acids is 1. The molecule has 0 aliphatic carbocycles. The van der Waals surface area contributed by atoms with Crippen molar-refractivity contribution in [2.75, 3.05) is 12.4 Å². The molecule has 1 amide bonds. The Balaban J connectivity index is 1.70. The lowest BCUT2D eigenvalue weighted by Crippen LogP contribution is -2.27. The number of halogens is 1. The zero-order valence-corrected chi connectivity index (χ0v) is 19.8. The second-order valence-electron chi connectivity index (χ2n) is 6.88. The maximum atomic E-state index is 13.3. The number of hydrogen-bond acceptors (Lipinski definition) is 6. The lowest BCUT2D eigenvalue weighted by Gasteiger charge is -2.18. The van der Waals surface area contributed by atoms with Crippen LogP contribution in [-0.2, 0) is 4.79 Å². The van der Waals surface area contributed by atoms with Crippen molar-refractivity contribution in [2.24, 2.45) is 0 Å². The van der Waals surface area contributed by atoms with Crippen LogP contribution in [0.5, 0.6) is 5.75 Å². The highest BCUT2D eigenvalue weighted by molar-refractivity contribution is 8.00. The summed E-state index contributed by atoms with van der Waals surface area (Å²) >= 11 is 8.65. The minimum Gasteiger partial charge on any atom is -0.497 e. The lowest BCUT2D eigenvalue weighted by atomic mass is 10.2. The third-order valence-electron chi connectivity index (χ3n) is 4.78. The highest BCUT2D eigenvalue weighted by atomic mass is 35.5. The predicted octanol–water partition coefficient (Wildman–Crippen LogP) is 5.62. The number of aromatic nitrogens is 2. The van der Waals surface area contributed by atoms with E-state index in [0.29, 0.717) is 43.9 Å². The number of carbonyl (C=O) groups is 1. The molecule has 0 bridgehead atoms. The smallest absolute Gasteiger partial charge is 0.276 e. The number of fused-ring (bicyclic) bond motifs is 1. The van der Waals surface area contributed by atoms with E-state index in [1.165, 1.54) is 23.1 Å². The van der Waals surface area contributed by atoms with E-state index >= 15 is 0 Å². The van der Waals surface area contributed by atoms with E-state index in [4.69, 9.17) is 21.3 Å². The van der Waals surface area contributed by atoms with Crippen LogP contribution >= 0.6 is 34.7 Å². The summed E-state index contributed by atoms with van der Waals surface area (Å²) in [6.45, 7) is 1.93. The summed E-state index contributed by atoms with van der Waals surface area (Å²) in [6.07, 6.45) is 0.554. The summed E-state index contributed by atoms with van der Waals surface area (Å²) in [5.41, 5.74) is 1.74. The zero-order chi connectivity index (χ0) is 22.7. The van der Waals surface area contributed by atoms with Gasteiger partial charge in [-0.05, 0) is 54.3 Å². The Labute approximate surface area is 198 Å². The molecule has 4 rings (SSSR count). The second kappa shape index (κ2) is 9.77. The minimum atomic E-state index is -0.456. The standard InChI is InChI=1S/C23H20ClN3O3S2/c1-3-19(21(28)25-15-5-4-6-17(13-15)30-2)32-23-26-18-11-12-31-20(18)22(29)27(23)16-9-7-14(24)8-10-16/h4-13,19H,3H2,1-2H3,(H,25,28)/t19-/m0/s1. The number of nitrogens with zero attached hydrogens (tertiary/aromatic N) is 2. The van der Waals surface area contributed by atoms with Crippen LogP contribution in [0.2, 0.25) is 5.02 Å². The Morgan fingerprint density at radius 2 is 2.03 bits per heavy atom. The van der Waals surface area contributed by atoms with Crippen molar-refractivity contribution in [3.05, 3.63) is 75.4 Å². The lowest BCUT2D eigenvalue weighted by molar-refractivity contribution is -0.115. The van der Waals surface area contributed by atoms with E-state index in [1.54, 1.807) is 48.1 Å². The molecule has 2 heterocycles. The topological polar surface area (TPSA) is 73.2 Å². The number of thioether (sulfide) groups is 1. The third kappa shape index (κ3) is 4.67. The Morgan fingerprint density at radius 3 is 2.75 bits per heavy atom. The number of anilines is 1. The van der Waals surface area contributed by atoms with Gasteiger partial charge in [0.15, 0.2) is 5.16 Å². The number of benzene rings is 2. The van der Waals surface area contributed by atoms with Crippen LogP contribution in [0, 0.1) is 0 Å². The van der Waals surface area contributed by atoms with E-state index < -0.39 is 5.25 Å². The van der Waals surface area contributed by atoms with Crippen LogP contribution in [0.1, 0.15) is 13.3 Å². The fourth-order valence-corrected chi connectivity index (χ4v) is 5.08. The first-order valence-electron chi connectivity index (χ1n) is 9.88. The average Bonchev–Trinajstić information content (AvgIpc) is 3.27. The first-order chi connectivity index (χ1) is 15.5. The van der Waals surface area contributed by atoms with Gasteiger partial charge in [-0.15, -0.1) is 11.3 Å². The van der Waals surface area contributed by atoms with Gasteiger partial charge in [-0.25, -0.2) is 4.98 Å². The van der Waals surface area contributed by atoms with Crippen molar-refractivity contribution in [2.45, 2.75) is 23.8 Å². The molecule has 0 aliphatic heterocycles. The van der Waals surface area contributed by atoms with Gasteiger partial charge in [0, 0.05) is 16.8 Å². The average molecular weight is 486 g/mol. The summed E-state index contributed by atoms with van der Waals surface area (Å²) in [5.74, 6) is 0.484. The molecule has 0 fully saturated rings. The quantitative estimate of drug-likeness (QED) is 0.272. The molecule has 0 radical (unpaired) electrons. The first kappa shape index (κ1) is 22.4. The van der Waals surface area contributed by atoms with Crippen molar-refractivity contribution in [3.8, 4) is 11.4 Å². The number of thiophene rings is 1. The normalized spacial score (nSPS) is 12.0. The van der Waals surface area contributed by atoms with Crippen molar-refractivity contribution in [1.29, 1.82) is 0 Å². The second-order valence-corrected chi connectivity index (χ2v) is 9.40. The van der Waals surface area contributed by atoms with Gasteiger partial charge in [0.05, 0.1) is 23.6 Å². The summed E-state index contributed by atoms with van der Waals surface area (Å²) in [5, 5.41) is 5.34. The van der Waals surface area contributed by atoms with Gasteiger partial charge < -0.3 is 10.1 Å². The zero-order valence-electron chi connectivity index (χ0n) is 17.4. The van der Waals surface area contributed by atoms with Crippen molar-refractivity contribution >= 4 is 56.5 Å². The van der Waals surface area contributed by atoms with Crippen LogP contribution in [0.4, 0.5) is 5.69 Å². The van der Waals surface area contributed by atoms with Gasteiger partial charge in [-0.3, -0.25) is 14.2 Å². The van der Waals surface area contributed by atoms with Crippen molar-refractivity contribution in [3.63, 3.8) is 0 Å². The van der Waals surface area contributed by atoms with Crippen LogP contribution in [0.25, 0.3) is 15.9 Å². The van der Waals surface area contributed by atoms with E-state index in [2.05, 4.69) is 5.32 Å². The van der Waals surface area contributed by atoms with Crippen LogP contribution in [-0.4, -0.2) is 27.8 Å². The minimum absolute atomic E-state index is 0.169. The number of nitrogens with one attached hydrogen (secondary N) is 1. The Hall–Kier alpha value is -2.81. The fraction of sp³-hybridized carbons (Fsp3) is 0.174. The molecule has 0 unspecified atom stereocenters. The Kier molecular flexibility index (Phi) is 6.83. The SMILES string of the molecule is CC[C@H](Sc1nc2ccsc2c(=O)n1-c1ccc(Cl)cc1)C(=O)Nc1cccc(OC)c1. The molecule has 164 valence electrons. The third-order valence-corrected chi connectivity index (χ3v) is 7.24.